The molecule has 23 heavy (non-hydrogen) atoms. The molecule has 0 radical (unpaired) electrons. The lowest BCUT2D eigenvalue weighted by Gasteiger charge is -2.21. The minimum atomic E-state index is -0.297. The minimum absolute atomic E-state index is 0.0459. The number of hydrogen-bond acceptors (Lipinski definition) is 1. The van der Waals surface area contributed by atoms with Crippen molar-refractivity contribution >= 4 is 16.8 Å². The zero-order valence-corrected chi connectivity index (χ0v) is 13.3. The van der Waals surface area contributed by atoms with Crippen LogP contribution < -0.4 is 0 Å². The Morgan fingerprint density at radius 1 is 1.13 bits per heavy atom. The number of nitrogens with zero attached hydrogens (tertiary/aromatic N) is 2. The first kappa shape index (κ1) is 15.3. The van der Waals surface area contributed by atoms with Crippen LogP contribution in [0.4, 0.5) is 4.39 Å². The van der Waals surface area contributed by atoms with E-state index in [2.05, 4.69) is 0 Å². The van der Waals surface area contributed by atoms with E-state index in [0.29, 0.717) is 18.8 Å². The Morgan fingerprint density at radius 2 is 1.87 bits per heavy atom. The van der Waals surface area contributed by atoms with E-state index in [1.54, 1.807) is 22.6 Å². The van der Waals surface area contributed by atoms with Crippen molar-refractivity contribution in [3.05, 3.63) is 71.7 Å². The van der Waals surface area contributed by atoms with Crippen molar-refractivity contribution < 1.29 is 9.18 Å². The summed E-state index contributed by atoms with van der Waals surface area (Å²) in [6, 6.07) is 16.3. The minimum Gasteiger partial charge on any atom is -0.340 e. The molecule has 0 unspecified atom stereocenters. The smallest absolute Gasteiger partial charge is 0.270 e. The molecule has 0 atom stereocenters. The van der Waals surface area contributed by atoms with Gasteiger partial charge in [0.2, 0.25) is 0 Å². The van der Waals surface area contributed by atoms with Gasteiger partial charge in [0.25, 0.3) is 5.91 Å². The van der Waals surface area contributed by atoms with Crippen molar-refractivity contribution in [2.24, 2.45) is 7.05 Å². The van der Waals surface area contributed by atoms with Gasteiger partial charge in [-0.15, -0.1) is 0 Å². The summed E-state index contributed by atoms with van der Waals surface area (Å²) in [7, 11) is 1.80. The molecule has 0 N–H and O–H groups in total. The fraction of sp³-hybridized carbons (Fsp3) is 0.211. The van der Waals surface area contributed by atoms with Crippen LogP contribution in [0.15, 0.2) is 54.6 Å². The Hall–Kier alpha value is -2.62. The summed E-state index contributed by atoms with van der Waals surface area (Å²) in [4.78, 5) is 14.7. The molecule has 0 bridgehead atoms. The van der Waals surface area contributed by atoms with E-state index < -0.39 is 0 Å². The molecule has 0 saturated heterocycles. The first-order valence-electron chi connectivity index (χ1n) is 7.68. The lowest BCUT2D eigenvalue weighted by Crippen LogP contribution is -2.31. The van der Waals surface area contributed by atoms with Crippen molar-refractivity contribution in [3.8, 4) is 0 Å². The zero-order valence-electron chi connectivity index (χ0n) is 13.3. The molecule has 3 nitrogen and oxygen atoms in total. The summed E-state index contributed by atoms with van der Waals surface area (Å²) in [6.45, 7) is 3.14. The van der Waals surface area contributed by atoms with Crippen LogP contribution in [-0.2, 0) is 13.6 Å². The molecule has 3 aromatic rings. The van der Waals surface area contributed by atoms with Crippen molar-refractivity contribution in [2.75, 3.05) is 6.54 Å². The van der Waals surface area contributed by atoms with Crippen LogP contribution in [0.1, 0.15) is 23.0 Å². The van der Waals surface area contributed by atoms with Gasteiger partial charge in [0.1, 0.15) is 11.5 Å². The monoisotopic (exact) mass is 310 g/mol. The molecular formula is C19H19FN2O. The van der Waals surface area contributed by atoms with E-state index in [1.807, 2.05) is 43.3 Å². The Kier molecular flexibility index (Phi) is 4.15. The molecule has 4 heteroatoms. The summed E-state index contributed by atoms with van der Waals surface area (Å²) in [6.07, 6.45) is 0. The Balaban J connectivity index is 1.93. The van der Waals surface area contributed by atoms with Crippen LogP contribution in [0.3, 0.4) is 0 Å². The van der Waals surface area contributed by atoms with Gasteiger partial charge in [0, 0.05) is 25.5 Å². The van der Waals surface area contributed by atoms with Gasteiger partial charge < -0.3 is 9.47 Å². The predicted molar refractivity (Wildman–Crippen MR) is 89.7 cm³/mol. The Bertz CT molecular complexity index is 839. The molecule has 1 amide bonds. The van der Waals surface area contributed by atoms with Crippen molar-refractivity contribution in [2.45, 2.75) is 13.5 Å². The second kappa shape index (κ2) is 6.24. The number of aryl methyl sites for hydroxylation is 1. The van der Waals surface area contributed by atoms with Gasteiger partial charge in [-0.05, 0) is 36.8 Å². The molecule has 0 saturated carbocycles. The molecule has 0 spiro atoms. The van der Waals surface area contributed by atoms with E-state index in [9.17, 15) is 9.18 Å². The third kappa shape index (κ3) is 2.97. The highest BCUT2D eigenvalue weighted by atomic mass is 19.1. The van der Waals surface area contributed by atoms with E-state index >= 15 is 0 Å². The molecule has 0 aliphatic carbocycles. The van der Waals surface area contributed by atoms with Gasteiger partial charge in [-0.2, -0.15) is 0 Å². The maximum atomic E-state index is 13.4. The summed E-state index contributed by atoms with van der Waals surface area (Å²) in [5.41, 5.74) is 2.39. The summed E-state index contributed by atoms with van der Waals surface area (Å²) in [5.74, 6) is -0.343. The lowest BCUT2D eigenvalue weighted by molar-refractivity contribution is 0.0743. The average Bonchev–Trinajstić information content (AvgIpc) is 2.89. The molecule has 0 aliphatic rings. The van der Waals surface area contributed by atoms with Crippen LogP contribution in [0.25, 0.3) is 10.9 Å². The number of carbonyl (C=O) groups is 1. The maximum Gasteiger partial charge on any atom is 0.270 e. The fourth-order valence-electron chi connectivity index (χ4n) is 2.80. The van der Waals surface area contributed by atoms with Crippen LogP contribution in [0.5, 0.6) is 0 Å². The Labute approximate surface area is 135 Å². The standard InChI is InChI=1S/C19H19FN2O/c1-3-22(13-14-7-5-4-6-8-14)19(23)18-11-15-9-10-16(20)12-17(15)21(18)2/h4-12H,3,13H2,1-2H3. The number of benzene rings is 2. The van der Waals surface area contributed by atoms with E-state index in [-0.39, 0.29) is 11.7 Å². The molecular weight excluding hydrogens is 291 g/mol. The topological polar surface area (TPSA) is 25.2 Å². The predicted octanol–water partition coefficient (Wildman–Crippen LogP) is 3.98. The van der Waals surface area contributed by atoms with Crippen LogP contribution in [0, 0.1) is 5.82 Å². The van der Waals surface area contributed by atoms with Crippen molar-refractivity contribution in [1.29, 1.82) is 0 Å². The summed E-state index contributed by atoms with van der Waals surface area (Å²) >= 11 is 0. The highest BCUT2D eigenvalue weighted by Crippen LogP contribution is 2.21. The third-order valence-corrected chi connectivity index (χ3v) is 4.11. The second-order valence-corrected chi connectivity index (χ2v) is 5.60. The number of carbonyl (C=O) groups excluding carboxylic acids is 1. The Morgan fingerprint density at radius 3 is 2.57 bits per heavy atom. The summed E-state index contributed by atoms with van der Waals surface area (Å²) < 4.78 is 15.2. The molecule has 3 rings (SSSR count). The average molecular weight is 310 g/mol. The SMILES string of the molecule is CCN(Cc1ccccc1)C(=O)c1cc2ccc(F)cc2n1C. The molecule has 1 heterocycles. The van der Waals surface area contributed by atoms with Gasteiger partial charge in [0.15, 0.2) is 0 Å². The van der Waals surface area contributed by atoms with Crippen LogP contribution >= 0.6 is 0 Å². The zero-order chi connectivity index (χ0) is 16.4. The van der Waals surface area contributed by atoms with Crippen molar-refractivity contribution in [3.63, 3.8) is 0 Å². The summed E-state index contributed by atoms with van der Waals surface area (Å²) in [5, 5.41) is 0.869. The number of aromatic nitrogens is 1. The van der Waals surface area contributed by atoms with Crippen LogP contribution in [-0.4, -0.2) is 21.9 Å². The van der Waals surface area contributed by atoms with Gasteiger partial charge in [-0.25, -0.2) is 4.39 Å². The maximum absolute atomic E-state index is 13.4. The van der Waals surface area contributed by atoms with E-state index in [1.165, 1.54) is 12.1 Å². The van der Waals surface area contributed by atoms with E-state index in [0.717, 1.165) is 16.5 Å². The highest BCUT2D eigenvalue weighted by molar-refractivity contribution is 5.98. The van der Waals surface area contributed by atoms with E-state index in [4.69, 9.17) is 0 Å². The highest BCUT2D eigenvalue weighted by Gasteiger charge is 2.19. The molecule has 2 aromatic carbocycles. The second-order valence-electron chi connectivity index (χ2n) is 5.60. The molecule has 1 aromatic heterocycles. The van der Waals surface area contributed by atoms with Crippen molar-refractivity contribution in [1.82, 2.24) is 9.47 Å². The first-order valence-corrected chi connectivity index (χ1v) is 7.68. The number of halogens is 1. The first-order chi connectivity index (χ1) is 11.1. The molecule has 118 valence electrons. The van der Waals surface area contributed by atoms with Gasteiger partial charge in [-0.1, -0.05) is 30.3 Å². The molecule has 0 fully saturated rings. The normalized spacial score (nSPS) is 10.9. The lowest BCUT2D eigenvalue weighted by atomic mass is 10.2. The fourth-order valence-corrected chi connectivity index (χ4v) is 2.80. The quantitative estimate of drug-likeness (QED) is 0.715. The number of fused-ring (bicyclic) bond motifs is 1. The largest absolute Gasteiger partial charge is 0.340 e. The number of rotatable bonds is 4. The van der Waals surface area contributed by atoms with Gasteiger partial charge in [0.05, 0.1) is 5.52 Å². The third-order valence-electron chi connectivity index (χ3n) is 4.11. The number of amides is 1. The van der Waals surface area contributed by atoms with Crippen LogP contribution in [0.2, 0.25) is 0 Å². The van der Waals surface area contributed by atoms with Gasteiger partial charge in [-0.3, -0.25) is 4.79 Å². The van der Waals surface area contributed by atoms with Gasteiger partial charge >= 0.3 is 0 Å². The number of hydrogen-bond donors (Lipinski definition) is 0. The molecule has 0 aliphatic heterocycles.